The van der Waals surface area contributed by atoms with E-state index in [1.54, 1.807) is 17.6 Å². The van der Waals surface area contributed by atoms with Gasteiger partial charge in [-0.3, -0.25) is 0 Å². The summed E-state index contributed by atoms with van der Waals surface area (Å²) in [6.45, 7) is 1.85. The largest absolute Gasteiger partial charge is 0.418 e. The number of aromatic nitrogens is 5. The molecular formula is C16H9F3N6OS. The molecule has 0 amide bonds. The van der Waals surface area contributed by atoms with E-state index in [0.29, 0.717) is 16.1 Å². The molecule has 0 aliphatic heterocycles. The standard InChI is InChI=1S/C16H9F3N6OS/c1-8-14(27-24-21-8)15-23-22-12(26-15)7-25-5-4-10-11(25)3-2-9(6-20)13(10)16(17,18)19/h2-5H,7H2,1H3. The predicted octanol–water partition coefficient (Wildman–Crippen LogP) is 3.79. The van der Waals surface area contributed by atoms with Gasteiger partial charge < -0.3 is 8.98 Å². The molecule has 0 N–H and O–H groups in total. The molecular weight excluding hydrogens is 381 g/mol. The quantitative estimate of drug-likeness (QED) is 0.528. The fraction of sp³-hybridized carbons (Fsp3) is 0.188. The maximum atomic E-state index is 13.4. The van der Waals surface area contributed by atoms with Crippen LogP contribution >= 0.6 is 11.5 Å². The number of nitrogens with zero attached hydrogens (tertiary/aromatic N) is 6. The summed E-state index contributed by atoms with van der Waals surface area (Å²) in [4.78, 5) is 0.643. The van der Waals surface area contributed by atoms with E-state index in [-0.39, 0.29) is 23.7 Å². The number of alkyl halides is 3. The normalized spacial score (nSPS) is 11.8. The first kappa shape index (κ1) is 17.2. The maximum Gasteiger partial charge on any atom is 0.418 e. The van der Waals surface area contributed by atoms with Crippen LogP contribution < -0.4 is 0 Å². The van der Waals surface area contributed by atoms with E-state index in [1.807, 2.05) is 0 Å². The summed E-state index contributed by atoms with van der Waals surface area (Å²) in [6.07, 6.45) is -3.14. The van der Waals surface area contributed by atoms with Crippen molar-refractivity contribution < 1.29 is 17.6 Å². The van der Waals surface area contributed by atoms with Crippen molar-refractivity contribution >= 4 is 22.4 Å². The number of rotatable bonds is 3. The minimum Gasteiger partial charge on any atom is -0.418 e. The number of aryl methyl sites for hydroxylation is 1. The molecule has 0 fully saturated rings. The van der Waals surface area contributed by atoms with Crippen LogP contribution in [0.3, 0.4) is 0 Å². The zero-order valence-electron chi connectivity index (χ0n) is 13.7. The Morgan fingerprint density at radius 2 is 2.04 bits per heavy atom. The highest BCUT2D eigenvalue weighted by Crippen LogP contribution is 2.37. The Labute approximate surface area is 153 Å². The summed E-state index contributed by atoms with van der Waals surface area (Å²) in [5, 5.41) is 20.7. The van der Waals surface area contributed by atoms with Gasteiger partial charge in [-0.1, -0.05) is 4.49 Å². The van der Waals surface area contributed by atoms with Crippen molar-refractivity contribution in [3.63, 3.8) is 0 Å². The molecule has 0 saturated carbocycles. The fourth-order valence-electron chi connectivity index (χ4n) is 2.79. The number of nitriles is 1. The highest BCUT2D eigenvalue weighted by atomic mass is 32.1. The van der Waals surface area contributed by atoms with Crippen LogP contribution in [0.25, 0.3) is 21.7 Å². The zero-order valence-corrected chi connectivity index (χ0v) is 14.5. The van der Waals surface area contributed by atoms with Gasteiger partial charge in [0, 0.05) is 17.1 Å². The van der Waals surface area contributed by atoms with Crippen LogP contribution in [-0.2, 0) is 12.7 Å². The van der Waals surface area contributed by atoms with Gasteiger partial charge in [-0.2, -0.15) is 18.4 Å². The van der Waals surface area contributed by atoms with Crippen LogP contribution in [-0.4, -0.2) is 24.4 Å². The van der Waals surface area contributed by atoms with Gasteiger partial charge in [0.05, 0.1) is 22.9 Å². The van der Waals surface area contributed by atoms with Crippen LogP contribution in [0.2, 0.25) is 0 Å². The SMILES string of the molecule is Cc1nnsc1-c1nnc(Cn2ccc3c(C(F)(F)F)c(C#N)ccc32)o1. The lowest BCUT2D eigenvalue weighted by atomic mass is 10.0. The van der Waals surface area contributed by atoms with Gasteiger partial charge in [0.25, 0.3) is 5.89 Å². The van der Waals surface area contributed by atoms with Gasteiger partial charge in [-0.25, -0.2) is 0 Å². The number of benzene rings is 1. The van der Waals surface area contributed by atoms with Crippen LogP contribution in [0.15, 0.2) is 28.8 Å². The van der Waals surface area contributed by atoms with Crippen molar-refractivity contribution in [3.05, 3.63) is 47.1 Å². The average molecular weight is 390 g/mol. The first-order valence-electron chi connectivity index (χ1n) is 7.59. The summed E-state index contributed by atoms with van der Waals surface area (Å²) in [7, 11) is 0. The van der Waals surface area contributed by atoms with E-state index in [2.05, 4.69) is 19.8 Å². The lowest BCUT2D eigenvalue weighted by Gasteiger charge is -2.11. The molecule has 0 aliphatic carbocycles. The summed E-state index contributed by atoms with van der Waals surface area (Å²) >= 11 is 1.12. The summed E-state index contributed by atoms with van der Waals surface area (Å²) in [6, 6.07) is 5.55. The third kappa shape index (κ3) is 2.93. The highest BCUT2D eigenvalue weighted by Gasteiger charge is 2.36. The van der Waals surface area contributed by atoms with Gasteiger partial charge in [0.15, 0.2) is 0 Å². The molecule has 0 spiro atoms. The van der Waals surface area contributed by atoms with Crippen LogP contribution in [0.4, 0.5) is 13.2 Å². The Morgan fingerprint density at radius 1 is 1.22 bits per heavy atom. The molecule has 1 aromatic carbocycles. The lowest BCUT2D eigenvalue weighted by Crippen LogP contribution is -2.09. The van der Waals surface area contributed by atoms with Crippen LogP contribution in [0.1, 0.15) is 22.7 Å². The second kappa shape index (κ2) is 6.17. The molecule has 3 aromatic heterocycles. The molecule has 0 bridgehead atoms. The molecule has 0 radical (unpaired) electrons. The van der Waals surface area contributed by atoms with Gasteiger partial charge >= 0.3 is 6.18 Å². The predicted molar refractivity (Wildman–Crippen MR) is 88.7 cm³/mol. The first-order chi connectivity index (χ1) is 12.9. The molecule has 4 aromatic rings. The second-order valence-electron chi connectivity index (χ2n) is 5.66. The van der Waals surface area contributed by atoms with E-state index in [1.165, 1.54) is 18.3 Å². The van der Waals surface area contributed by atoms with Gasteiger partial charge in [0.1, 0.15) is 11.4 Å². The third-order valence-corrected chi connectivity index (χ3v) is 4.79. The lowest BCUT2D eigenvalue weighted by molar-refractivity contribution is -0.136. The highest BCUT2D eigenvalue weighted by molar-refractivity contribution is 7.09. The van der Waals surface area contributed by atoms with E-state index >= 15 is 0 Å². The molecule has 11 heteroatoms. The maximum absolute atomic E-state index is 13.4. The monoisotopic (exact) mass is 390 g/mol. The van der Waals surface area contributed by atoms with E-state index in [9.17, 15) is 13.2 Å². The van der Waals surface area contributed by atoms with Gasteiger partial charge in [-0.15, -0.1) is 15.3 Å². The number of fused-ring (bicyclic) bond motifs is 1. The summed E-state index contributed by atoms with van der Waals surface area (Å²) < 4.78 is 51.1. The molecule has 3 heterocycles. The van der Waals surface area contributed by atoms with Crippen molar-refractivity contribution in [2.24, 2.45) is 0 Å². The van der Waals surface area contributed by atoms with Crippen molar-refractivity contribution in [3.8, 4) is 16.8 Å². The zero-order chi connectivity index (χ0) is 19.2. The molecule has 136 valence electrons. The Kier molecular flexibility index (Phi) is 3.92. The van der Waals surface area contributed by atoms with Crippen molar-refractivity contribution in [1.82, 2.24) is 24.4 Å². The topological polar surface area (TPSA) is 93.4 Å². The molecule has 0 aliphatic rings. The van der Waals surface area contributed by atoms with Crippen molar-refractivity contribution in [1.29, 1.82) is 5.26 Å². The Balaban J connectivity index is 1.73. The van der Waals surface area contributed by atoms with Crippen LogP contribution in [0.5, 0.6) is 0 Å². The number of halogens is 3. The van der Waals surface area contributed by atoms with E-state index < -0.39 is 17.3 Å². The molecule has 27 heavy (non-hydrogen) atoms. The van der Waals surface area contributed by atoms with Gasteiger partial charge in [-0.05, 0) is 36.7 Å². The summed E-state index contributed by atoms with van der Waals surface area (Å²) in [5.41, 5.74) is -0.392. The molecule has 7 nitrogen and oxygen atoms in total. The minimum absolute atomic E-state index is 0.0520. The average Bonchev–Trinajstić information content (AvgIpc) is 3.33. The Bertz CT molecular complexity index is 1180. The molecule has 0 unspecified atom stereocenters. The van der Waals surface area contributed by atoms with E-state index in [4.69, 9.17) is 9.68 Å². The fourth-order valence-corrected chi connectivity index (χ4v) is 3.37. The molecule has 4 rings (SSSR count). The Morgan fingerprint density at radius 3 is 2.70 bits per heavy atom. The number of hydrogen-bond donors (Lipinski definition) is 0. The van der Waals surface area contributed by atoms with Crippen molar-refractivity contribution in [2.75, 3.05) is 0 Å². The van der Waals surface area contributed by atoms with Crippen molar-refractivity contribution in [2.45, 2.75) is 19.6 Å². The number of hydrogen-bond acceptors (Lipinski definition) is 7. The minimum atomic E-state index is -4.63. The van der Waals surface area contributed by atoms with E-state index in [0.717, 1.165) is 17.6 Å². The molecule has 0 saturated heterocycles. The Hall–Kier alpha value is -3.26. The summed E-state index contributed by atoms with van der Waals surface area (Å²) in [5.74, 6) is 0.491. The molecule has 0 atom stereocenters. The van der Waals surface area contributed by atoms with Crippen LogP contribution in [0, 0.1) is 18.3 Å². The third-order valence-electron chi connectivity index (χ3n) is 3.98. The smallest absolute Gasteiger partial charge is 0.418 e. The van der Waals surface area contributed by atoms with Gasteiger partial charge in [0.2, 0.25) is 5.89 Å². The first-order valence-corrected chi connectivity index (χ1v) is 8.36. The second-order valence-corrected chi connectivity index (χ2v) is 6.42.